The Kier molecular flexibility index (Phi) is 4.82. The molecule has 0 aliphatic carbocycles. The first-order chi connectivity index (χ1) is 8.06. The second-order valence-corrected chi connectivity index (χ2v) is 3.79. The van der Waals surface area contributed by atoms with E-state index in [0.29, 0.717) is 17.8 Å². The molecule has 0 bridgehead atoms. The maximum absolute atomic E-state index is 13.4. The van der Waals surface area contributed by atoms with Crippen molar-refractivity contribution in [3.63, 3.8) is 0 Å². The fourth-order valence-electron chi connectivity index (χ4n) is 1.32. The van der Waals surface area contributed by atoms with Crippen LogP contribution in [0.1, 0.15) is 19.4 Å². The van der Waals surface area contributed by atoms with Crippen molar-refractivity contribution in [2.45, 2.75) is 13.8 Å². The van der Waals surface area contributed by atoms with E-state index in [-0.39, 0.29) is 18.3 Å². The van der Waals surface area contributed by atoms with E-state index >= 15 is 0 Å². The summed E-state index contributed by atoms with van der Waals surface area (Å²) in [6.07, 6.45) is 0. The summed E-state index contributed by atoms with van der Waals surface area (Å²) in [6, 6.07) is 6.41. The van der Waals surface area contributed by atoms with Crippen molar-refractivity contribution in [2.75, 3.05) is 20.1 Å². The van der Waals surface area contributed by atoms with E-state index in [1.807, 2.05) is 6.92 Å². The molecule has 0 saturated heterocycles. The molecule has 0 N–H and O–H groups in total. The Morgan fingerprint density at radius 2 is 2.06 bits per heavy atom. The number of carbonyl (C=O) groups excluding carboxylic acids is 1. The van der Waals surface area contributed by atoms with Crippen LogP contribution in [0, 0.1) is 5.82 Å². The Labute approximate surface area is 101 Å². The van der Waals surface area contributed by atoms with Crippen LogP contribution in [0.5, 0.6) is 0 Å². The van der Waals surface area contributed by atoms with Crippen LogP contribution in [0.3, 0.4) is 0 Å². The summed E-state index contributed by atoms with van der Waals surface area (Å²) in [4.78, 5) is 17.2. The minimum Gasteiger partial charge on any atom is -0.344 e. The van der Waals surface area contributed by atoms with Crippen LogP contribution in [0.2, 0.25) is 0 Å². The number of carbonyl (C=O) groups is 1. The van der Waals surface area contributed by atoms with Gasteiger partial charge in [0.05, 0.1) is 0 Å². The summed E-state index contributed by atoms with van der Waals surface area (Å²) >= 11 is 0. The molecule has 0 heterocycles. The quantitative estimate of drug-likeness (QED) is 0.737. The lowest BCUT2D eigenvalue weighted by molar-refractivity contribution is -0.128. The molecule has 1 aromatic rings. The number of likely N-dealkylation sites (N-methyl/N-ethyl adjacent to an activating group) is 1. The molecule has 0 aromatic heterocycles. The lowest BCUT2D eigenvalue weighted by Gasteiger charge is -2.12. The maximum Gasteiger partial charge on any atom is 0.243 e. The number of halogens is 1. The van der Waals surface area contributed by atoms with E-state index in [2.05, 4.69) is 4.99 Å². The van der Waals surface area contributed by atoms with Crippen molar-refractivity contribution < 1.29 is 9.18 Å². The minimum absolute atomic E-state index is 0.0600. The first kappa shape index (κ1) is 13.4. The normalized spacial score (nSPS) is 11.4. The molecule has 0 aliphatic rings. The van der Waals surface area contributed by atoms with Crippen LogP contribution in [-0.2, 0) is 4.79 Å². The molecule has 17 heavy (non-hydrogen) atoms. The second kappa shape index (κ2) is 6.13. The number of aliphatic imine (C=N–C) groups is 1. The summed E-state index contributed by atoms with van der Waals surface area (Å²) in [5.74, 6) is -0.381. The zero-order valence-electron chi connectivity index (χ0n) is 10.4. The molecule has 0 atom stereocenters. The molecule has 0 saturated carbocycles. The summed E-state index contributed by atoms with van der Waals surface area (Å²) in [5, 5.41) is 0. The SMILES string of the molecule is CCN(C)C(=O)C/N=C(\C)c1ccccc1F. The predicted molar refractivity (Wildman–Crippen MR) is 66.8 cm³/mol. The Balaban J connectivity index is 2.74. The van der Waals surface area contributed by atoms with Gasteiger partial charge in [-0.2, -0.15) is 0 Å². The van der Waals surface area contributed by atoms with Gasteiger partial charge < -0.3 is 4.90 Å². The highest BCUT2D eigenvalue weighted by Crippen LogP contribution is 2.07. The van der Waals surface area contributed by atoms with E-state index in [1.54, 1.807) is 37.1 Å². The molecule has 1 amide bonds. The standard InChI is InChI=1S/C13H17FN2O/c1-4-16(3)13(17)9-15-10(2)11-7-5-6-8-12(11)14/h5-8H,4,9H2,1-3H3/b15-10+. The van der Waals surface area contributed by atoms with Gasteiger partial charge in [0.1, 0.15) is 12.4 Å². The molecular formula is C13H17FN2O. The van der Waals surface area contributed by atoms with E-state index in [0.717, 1.165) is 0 Å². The first-order valence-corrected chi connectivity index (χ1v) is 5.56. The van der Waals surface area contributed by atoms with E-state index in [9.17, 15) is 9.18 Å². The van der Waals surface area contributed by atoms with Crippen molar-refractivity contribution in [1.82, 2.24) is 4.90 Å². The van der Waals surface area contributed by atoms with E-state index in [4.69, 9.17) is 0 Å². The average molecular weight is 236 g/mol. The number of benzene rings is 1. The third-order valence-electron chi connectivity index (χ3n) is 2.62. The van der Waals surface area contributed by atoms with Gasteiger partial charge in [-0.15, -0.1) is 0 Å². The summed E-state index contributed by atoms with van der Waals surface area (Å²) in [7, 11) is 1.72. The third kappa shape index (κ3) is 3.66. The highest BCUT2D eigenvalue weighted by Gasteiger charge is 2.07. The van der Waals surface area contributed by atoms with Crippen molar-refractivity contribution in [3.8, 4) is 0 Å². The van der Waals surface area contributed by atoms with Gasteiger partial charge in [0.2, 0.25) is 5.91 Å². The van der Waals surface area contributed by atoms with Gasteiger partial charge in [0.25, 0.3) is 0 Å². The van der Waals surface area contributed by atoms with Crippen molar-refractivity contribution >= 4 is 11.6 Å². The zero-order chi connectivity index (χ0) is 12.8. The molecule has 0 fully saturated rings. The molecule has 0 aliphatic heterocycles. The van der Waals surface area contributed by atoms with E-state index in [1.165, 1.54) is 6.07 Å². The third-order valence-corrected chi connectivity index (χ3v) is 2.62. The van der Waals surface area contributed by atoms with E-state index < -0.39 is 0 Å². The summed E-state index contributed by atoms with van der Waals surface area (Å²) in [5.41, 5.74) is 0.986. The largest absolute Gasteiger partial charge is 0.344 e. The Morgan fingerprint density at radius 3 is 2.65 bits per heavy atom. The van der Waals surface area contributed by atoms with Crippen molar-refractivity contribution in [2.24, 2.45) is 4.99 Å². The van der Waals surface area contributed by atoms with Gasteiger partial charge >= 0.3 is 0 Å². The molecule has 0 radical (unpaired) electrons. The monoisotopic (exact) mass is 236 g/mol. The first-order valence-electron chi connectivity index (χ1n) is 5.56. The number of hydrogen-bond acceptors (Lipinski definition) is 2. The number of rotatable bonds is 4. The fourth-order valence-corrected chi connectivity index (χ4v) is 1.32. The molecule has 1 rings (SSSR count). The molecule has 3 nitrogen and oxygen atoms in total. The molecular weight excluding hydrogens is 219 g/mol. The zero-order valence-corrected chi connectivity index (χ0v) is 10.4. The number of hydrogen-bond donors (Lipinski definition) is 0. The summed E-state index contributed by atoms with van der Waals surface area (Å²) in [6.45, 7) is 4.31. The molecule has 4 heteroatoms. The van der Waals surface area contributed by atoms with Crippen molar-refractivity contribution in [3.05, 3.63) is 35.6 Å². The fraction of sp³-hybridized carbons (Fsp3) is 0.385. The van der Waals surface area contributed by atoms with Gasteiger partial charge in [-0.1, -0.05) is 18.2 Å². The maximum atomic E-state index is 13.4. The molecule has 1 aromatic carbocycles. The molecule has 0 unspecified atom stereocenters. The van der Waals surface area contributed by atoms with Crippen LogP contribution in [0.15, 0.2) is 29.3 Å². The highest BCUT2D eigenvalue weighted by molar-refractivity contribution is 5.99. The van der Waals surface area contributed by atoms with Crippen LogP contribution in [0.25, 0.3) is 0 Å². The van der Waals surface area contributed by atoms with Gasteiger partial charge in [-0.05, 0) is 19.9 Å². The smallest absolute Gasteiger partial charge is 0.243 e. The Morgan fingerprint density at radius 1 is 1.41 bits per heavy atom. The van der Waals surface area contributed by atoms with Gasteiger partial charge in [0, 0.05) is 24.9 Å². The lowest BCUT2D eigenvalue weighted by Crippen LogP contribution is -2.28. The second-order valence-electron chi connectivity index (χ2n) is 3.79. The summed E-state index contributed by atoms with van der Waals surface area (Å²) < 4.78 is 13.4. The number of nitrogens with zero attached hydrogens (tertiary/aromatic N) is 2. The molecule has 92 valence electrons. The van der Waals surface area contributed by atoms with Crippen molar-refractivity contribution in [1.29, 1.82) is 0 Å². The van der Waals surface area contributed by atoms with Crippen LogP contribution in [-0.4, -0.2) is 36.7 Å². The Bertz CT molecular complexity index is 429. The lowest BCUT2D eigenvalue weighted by atomic mass is 10.1. The van der Waals surface area contributed by atoms with Crippen LogP contribution in [0.4, 0.5) is 4.39 Å². The number of amides is 1. The van der Waals surface area contributed by atoms with Crippen LogP contribution < -0.4 is 0 Å². The van der Waals surface area contributed by atoms with Gasteiger partial charge in [0.15, 0.2) is 0 Å². The Hall–Kier alpha value is -1.71. The van der Waals surface area contributed by atoms with Gasteiger partial charge in [-0.3, -0.25) is 9.79 Å². The van der Waals surface area contributed by atoms with Gasteiger partial charge in [-0.25, -0.2) is 4.39 Å². The van der Waals surface area contributed by atoms with Crippen LogP contribution >= 0.6 is 0 Å². The minimum atomic E-state index is -0.315. The molecule has 0 spiro atoms. The topological polar surface area (TPSA) is 32.7 Å². The average Bonchev–Trinajstić information content (AvgIpc) is 2.35. The predicted octanol–water partition coefficient (Wildman–Crippen LogP) is 2.11. The highest BCUT2D eigenvalue weighted by atomic mass is 19.1.